The number of aryl methyl sites for hydroxylation is 2. The number of fused-ring (bicyclic) bond motifs is 1. The van der Waals surface area contributed by atoms with Gasteiger partial charge in [-0.15, -0.1) is 11.3 Å². The minimum atomic E-state index is 0.373. The van der Waals surface area contributed by atoms with E-state index in [0.717, 1.165) is 30.8 Å². The molecule has 3 nitrogen and oxygen atoms in total. The Balaban J connectivity index is 1.58. The van der Waals surface area contributed by atoms with Gasteiger partial charge in [0.2, 0.25) is 0 Å². The van der Waals surface area contributed by atoms with Crippen LogP contribution in [0.2, 0.25) is 0 Å². The summed E-state index contributed by atoms with van der Waals surface area (Å²) >= 11 is 1.71. The van der Waals surface area contributed by atoms with Crippen molar-refractivity contribution in [3.05, 3.63) is 45.4 Å². The molecule has 19 heavy (non-hydrogen) atoms. The molecule has 0 fully saturated rings. The number of thiazole rings is 1. The zero-order valence-electron chi connectivity index (χ0n) is 11.0. The van der Waals surface area contributed by atoms with Crippen molar-refractivity contribution in [1.82, 2.24) is 10.3 Å². The van der Waals surface area contributed by atoms with Crippen LogP contribution in [-0.2, 0) is 12.8 Å². The lowest BCUT2D eigenvalue weighted by Crippen LogP contribution is -2.21. The van der Waals surface area contributed by atoms with Crippen molar-refractivity contribution in [3.63, 3.8) is 0 Å². The third kappa shape index (κ3) is 2.80. The highest BCUT2D eigenvalue weighted by Crippen LogP contribution is 2.33. The fourth-order valence-electron chi connectivity index (χ4n) is 2.71. The number of hydrogen-bond acceptors (Lipinski definition) is 4. The number of rotatable bonds is 4. The number of phenols is 1. The first kappa shape index (κ1) is 12.6. The van der Waals surface area contributed by atoms with Crippen LogP contribution in [0, 0.1) is 6.92 Å². The van der Waals surface area contributed by atoms with Crippen LogP contribution in [0.1, 0.15) is 34.3 Å². The van der Waals surface area contributed by atoms with Crippen molar-refractivity contribution in [2.45, 2.75) is 32.2 Å². The Labute approximate surface area is 117 Å². The Bertz CT molecular complexity index is 579. The molecule has 1 aliphatic carbocycles. The average molecular weight is 274 g/mol. The van der Waals surface area contributed by atoms with E-state index in [0.29, 0.717) is 11.8 Å². The maximum Gasteiger partial charge on any atom is 0.115 e. The lowest BCUT2D eigenvalue weighted by atomic mass is 10.1. The minimum Gasteiger partial charge on any atom is -0.508 e. The molecule has 0 saturated carbocycles. The Hall–Kier alpha value is -1.39. The summed E-state index contributed by atoms with van der Waals surface area (Å²) in [4.78, 5) is 4.48. The second-order valence-corrected chi connectivity index (χ2v) is 6.10. The molecule has 2 aromatic rings. The van der Waals surface area contributed by atoms with Gasteiger partial charge in [-0.3, -0.25) is 0 Å². The van der Waals surface area contributed by atoms with Crippen molar-refractivity contribution >= 4 is 11.3 Å². The molecule has 1 aromatic carbocycles. The van der Waals surface area contributed by atoms with Crippen molar-refractivity contribution in [2.24, 2.45) is 0 Å². The summed E-state index contributed by atoms with van der Waals surface area (Å²) in [5.41, 5.74) is 3.80. The summed E-state index contributed by atoms with van der Waals surface area (Å²) in [6, 6.07) is 6.14. The number of nitrogens with one attached hydrogen (secondary N) is 1. The molecule has 1 unspecified atom stereocenters. The molecule has 0 saturated heterocycles. The molecule has 0 aliphatic heterocycles. The lowest BCUT2D eigenvalue weighted by molar-refractivity contribution is 0.474. The van der Waals surface area contributed by atoms with E-state index in [2.05, 4.69) is 15.7 Å². The van der Waals surface area contributed by atoms with E-state index >= 15 is 0 Å². The van der Waals surface area contributed by atoms with Gasteiger partial charge in [0, 0.05) is 24.4 Å². The molecule has 0 bridgehead atoms. The van der Waals surface area contributed by atoms with Crippen LogP contribution < -0.4 is 5.32 Å². The van der Waals surface area contributed by atoms with Gasteiger partial charge < -0.3 is 10.4 Å². The van der Waals surface area contributed by atoms with Gasteiger partial charge in [0.15, 0.2) is 0 Å². The number of aromatic nitrogens is 1. The quantitative estimate of drug-likeness (QED) is 0.901. The summed E-state index contributed by atoms with van der Waals surface area (Å²) < 4.78 is 0. The minimum absolute atomic E-state index is 0.373. The van der Waals surface area contributed by atoms with Crippen LogP contribution in [0.3, 0.4) is 0 Å². The molecule has 3 rings (SSSR count). The number of nitrogens with zero attached hydrogens (tertiary/aromatic N) is 1. The highest BCUT2D eigenvalue weighted by molar-refractivity contribution is 7.09. The standard InChI is InChI=1S/C15H18N2OS/c1-10-17-12(9-19-10)6-7-16-15-5-2-11-8-13(18)3-4-14(11)15/h3-4,8-9,15-16,18H,2,5-7H2,1H3. The van der Waals surface area contributed by atoms with E-state index in [9.17, 15) is 5.11 Å². The molecule has 100 valence electrons. The van der Waals surface area contributed by atoms with Gasteiger partial charge in [-0.2, -0.15) is 0 Å². The molecule has 0 spiro atoms. The van der Waals surface area contributed by atoms with E-state index in [1.807, 2.05) is 19.1 Å². The van der Waals surface area contributed by atoms with Gasteiger partial charge in [-0.25, -0.2) is 4.98 Å². The summed E-state index contributed by atoms with van der Waals surface area (Å²) in [7, 11) is 0. The van der Waals surface area contributed by atoms with Gasteiger partial charge in [0.25, 0.3) is 0 Å². The third-order valence-corrected chi connectivity index (χ3v) is 4.47. The van der Waals surface area contributed by atoms with Crippen LogP contribution in [0.4, 0.5) is 0 Å². The van der Waals surface area contributed by atoms with E-state index in [4.69, 9.17) is 0 Å². The lowest BCUT2D eigenvalue weighted by Gasteiger charge is -2.13. The van der Waals surface area contributed by atoms with Gasteiger partial charge in [-0.1, -0.05) is 6.07 Å². The smallest absolute Gasteiger partial charge is 0.115 e. The largest absolute Gasteiger partial charge is 0.508 e. The molecule has 0 amide bonds. The second kappa shape index (κ2) is 5.31. The van der Waals surface area contributed by atoms with Crippen LogP contribution in [0.5, 0.6) is 5.75 Å². The fraction of sp³-hybridized carbons (Fsp3) is 0.400. The normalized spacial score (nSPS) is 17.6. The van der Waals surface area contributed by atoms with Gasteiger partial charge in [0.1, 0.15) is 5.75 Å². The molecular formula is C15H18N2OS. The molecule has 1 aliphatic rings. The van der Waals surface area contributed by atoms with E-state index in [1.54, 1.807) is 17.4 Å². The SMILES string of the molecule is Cc1nc(CCNC2CCc3cc(O)ccc32)cs1. The van der Waals surface area contributed by atoms with Crippen LogP contribution >= 0.6 is 11.3 Å². The Morgan fingerprint density at radius 2 is 2.37 bits per heavy atom. The Morgan fingerprint density at radius 3 is 3.16 bits per heavy atom. The summed E-state index contributed by atoms with van der Waals surface area (Å²) in [6.45, 7) is 3.00. The monoisotopic (exact) mass is 274 g/mol. The van der Waals surface area contributed by atoms with E-state index in [-0.39, 0.29) is 0 Å². The fourth-order valence-corrected chi connectivity index (χ4v) is 3.36. The number of benzene rings is 1. The number of aromatic hydroxyl groups is 1. The zero-order chi connectivity index (χ0) is 13.2. The molecule has 4 heteroatoms. The van der Waals surface area contributed by atoms with Crippen molar-refractivity contribution < 1.29 is 5.11 Å². The van der Waals surface area contributed by atoms with E-state index in [1.165, 1.54) is 16.8 Å². The predicted octanol–water partition coefficient (Wildman–Crippen LogP) is 2.98. The first-order valence-electron chi connectivity index (χ1n) is 6.68. The first-order valence-corrected chi connectivity index (χ1v) is 7.56. The van der Waals surface area contributed by atoms with Crippen molar-refractivity contribution in [3.8, 4) is 5.75 Å². The van der Waals surface area contributed by atoms with Gasteiger partial charge >= 0.3 is 0 Å². The molecular weight excluding hydrogens is 256 g/mol. The Morgan fingerprint density at radius 1 is 1.47 bits per heavy atom. The molecule has 0 radical (unpaired) electrons. The maximum absolute atomic E-state index is 9.48. The van der Waals surface area contributed by atoms with Gasteiger partial charge in [-0.05, 0) is 43.0 Å². The average Bonchev–Trinajstić information content (AvgIpc) is 2.96. The summed E-state index contributed by atoms with van der Waals surface area (Å²) in [6.07, 6.45) is 3.15. The summed E-state index contributed by atoms with van der Waals surface area (Å²) in [5.74, 6) is 0.373. The van der Waals surface area contributed by atoms with E-state index < -0.39 is 0 Å². The number of phenolic OH excluding ortho intramolecular Hbond substituents is 1. The second-order valence-electron chi connectivity index (χ2n) is 5.04. The number of hydrogen-bond donors (Lipinski definition) is 2. The Kier molecular flexibility index (Phi) is 3.53. The molecule has 1 aromatic heterocycles. The van der Waals surface area contributed by atoms with Crippen LogP contribution in [-0.4, -0.2) is 16.6 Å². The first-order chi connectivity index (χ1) is 9.22. The molecule has 1 heterocycles. The van der Waals surface area contributed by atoms with Crippen LogP contribution in [0.15, 0.2) is 23.6 Å². The van der Waals surface area contributed by atoms with Gasteiger partial charge in [0.05, 0.1) is 10.7 Å². The molecule has 2 N–H and O–H groups in total. The maximum atomic E-state index is 9.48. The summed E-state index contributed by atoms with van der Waals surface area (Å²) in [5, 5.41) is 16.4. The third-order valence-electron chi connectivity index (χ3n) is 3.64. The highest BCUT2D eigenvalue weighted by atomic mass is 32.1. The molecule has 1 atom stereocenters. The highest BCUT2D eigenvalue weighted by Gasteiger charge is 2.21. The predicted molar refractivity (Wildman–Crippen MR) is 77.7 cm³/mol. The zero-order valence-corrected chi connectivity index (χ0v) is 11.8. The topological polar surface area (TPSA) is 45.2 Å². The van der Waals surface area contributed by atoms with Crippen molar-refractivity contribution in [1.29, 1.82) is 0 Å². The van der Waals surface area contributed by atoms with Crippen molar-refractivity contribution in [2.75, 3.05) is 6.54 Å². The van der Waals surface area contributed by atoms with Crippen LogP contribution in [0.25, 0.3) is 0 Å².